The van der Waals surface area contributed by atoms with Crippen molar-refractivity contribution >= 4 is 12.0 Å². The summed E-state index contributed by atoms with van der Waals surface area (Å²) in [5.74, 6) is -0.605. The van der Waals surface area contributed by atoms with Gasteiger partial charge >= 0.3 is 0 Å². The number of hydrogen-bond donors (Lipinski definition) is 2. The molecule has 0 spiro atoms. The van der Waals surface area contributed by atoms with Crippen LogP contribution in [0, 0.1) is 5.82 Å². The van der Waals surface area contributed by atoms with E-state index in [1.54, 1.807) is 6.07 Å². The zero-order valence-electron chi connectivity index (χ0n) is 12.1. The van der Waals surface area contributed by atoms with Crippen LogP contribution in [0.2, 0.25) is 0 Å². The minimum atomic E-state index is -0.768. The fourth-order valence-corrected chi connectivity index (χ4v) is 2.48. The molecule has 1 amide bonds. The predicted molar refractivity (Wildman–Crippen MR) is 78.4 cm³/mol. The smallest absolute Gasteiger partial charge is 0.244 e. The summed E-state index contributed by atoms with van der Waals surface area (Å²) in [5, 5.41) is 12.8. The van der Waals surface area contributed by atoms with Crippen LogP contribution in [0.5, 0.6) is 5.75 Å². The number of carbonyl (C=O) groups is 1. The quantitative estimate of drug-likeness (QED) is 0.819. The number of halogens is 1. The summed E-state index contributed by atoms with van der Waals surface area (Å²) in [5.41, 5.74) is -0.196. The lowest BCUT2D eigenvalue weighted by molar-refractivity contribution is -0.117. The van der Waals surface area contributed by atoms with Crippen molar-refractivity contribution in [1.29, 1.82) is 0 Å². The Morgan fingerprint density at radius 3 is 2.81 bits per heavy atom. The minimum absolute atomic E-state index is 0.167. The normalized spacial score (nSPS) is 17.1. The fourth-order valence-electron chi connectivity index (χ4n) is 2.48. The second-order valence-electron chi connectivity index (χ2n) is 5.38. The molecule has 21 heavy (non-hydrogen) atoms. The average Bonchev–Trinajstić information content (AvgIpc) is 2.90. The third-order valence-electron chi connectivity index (χ3n) is 3.73. The zero-order valence-corrected chi connectivity index (χ0v) is 12.1. The van der Waals surface area contributed by atoms with E-state index in [-0.39, 0.29) is 18.2 Å². The molecule has 4 nitrogen and oxygen atoms in total. The van der Waals surface area contributed by atoms with Crippen molar-refractivity contribution in [3.8, 4) is 5.75 Å². The number of hydrogen-bond acceptors (Lipinski definition) is 3. The molecule has 0 atom stereocenters. The van der Waals surface area contributed by atoms with Crippen molar-refractivity contribution in [2.45, 2.75) is 31.3 Å². The Bertz CT molecular complexity index is 536. The summed E-state index contributed by atoms with van der Waals surface area (Å²) in [4.78, 5) is 11.7. The molecule has 0 unspecified atom stereocenters. The van der Waals surface area contributed by atoms with E-state index in [4.69, 9.17) is 4.74 Å². The first kappa shape index (κ1) is 15.5. The Hall–Kier alpha value is -1.88. The van der Waals surface area contributed by atoms with Crippen LogP contribution < -0.4 is 10.1 Å². The van der Waals surface area contributed by atoms with Crippen LogP contribution in [0.15, 0.2) is 24.3 Å². The third-order valence-corrected chi connectivity index (χ3v) is 3.73. The molecule has 114 valence electrons. The number of ether oxygens (including phenoxy) is 1. The Kier molecular flexibility index (Phi) is 4.96. The molecule has 1 saturated carbocycles. The number of amides is 1. The Labute approximate surface area is 123 Å². The molecular weight excluding hydrogens is 273 g/mol. The summed E-state index contributed by atoms with van der Waals surface area (Å²) in [6, 6.07) is 4.47. The van der Waals surface area contributed by atoms with Gasteiger partial charge in [0.15, 0.2) is 11.6 Å². The maximum absolute atomic E-state index is 13.5. The van der Waals surface area contributed by atoms with Crippen LogP contribution in [0.1, 0.15) is 31.2 Å². The summed E-state index contributed by atoms with van der Waals surface area (Å²) in [7, 11) is 1.40. The predicted octanol–water partition coefficient (Wildman–Crippen LogP) is 2.27. The number of methoxy groups -OCH3 is 1. The minimum Gasteiger partial charge on any atom is -0.494 e. The summed E-state index contributed by atoms with van der Waals surface area (Å²) in [6.07, 6.45) is 6.29. The number of benzene rings is 1. The standard InChI is InChI=1S/C16H20FNO3/c1-21-14-6-4-12(10-13(14)17)5-7-15(19)18-11-16(20)8-2-3-9-16/h4-7,10,20H,2-3,8-9,11H2,1H3,(H,18,19). The highest BCUT2D eigenvalue weighted by atomic mass is 19.1. The van der Waals surface area contributed by atoms with Crippen LogP contribution in [0.4, 0.5) is 4.39 Å². The molecule has 1 aliphatic carbocycles. The van der Waals surface area contributed by atoms with Gasteiger partial charge in [0.25, 0.3) is 0 Å². The molecular formula is C16H20FNO3. The highest BCUT2D eigenvalue weighted by Gasteiger charge is 2.30. The zero-order chi connectivity index (χ0) is 15.3. The number of rotatable bonds is 5. The second kappa shape index (κ2) is 6.72. The van der Waals surface area contributed by atoms with Crippen LogP contribution in [-0.4, -0.2) is 30.3 Å². The molecule has 0 saturated heterocycles. The van der Waals surface area contributed by atoms with Crippen molar-refractivity contribution < 1.29 is 19.0 Å². The van der Waals surface area contributed by atoms with Gasteiger partial charge in [-0.1, -0.05) is 18.9 Å². The van der Waals surface area contributed by atoms with E-state index in [1.807, 2.05) is 0 Å². The largest absolute Gasteiger partial charge is 0.494 e. The topological polar surface area (TPSA) is 58.6 Å². The first-order valence-corrected chi connectivity index (χ1v) is 7.04. The fraction of sp³-hybridized carbons (Fsp3) is 0.438. The Morgan fingerprint density at radius 1 is 1.48 bits per heavy atom. The van der Waals surface area contributed by atoms with E-state index in [9.17, 15) is 14.3 Å². The van der Waals surface area contributed by atoms with E-state index in [1.165, 1.54) is 31.4 Å². The SMILES string of the molecule is COc1ccc(C=CC(=O)NCC2(O)CCCC2)cc1F. The molecule has 1 aromatic carbocycles. The van der Waals surface area contributed by atoms with Gasteiger partial charge in [0.05, 0.1) is 12.7 Å². The van der Waals surface area contributed by atoms with Gasteiger partial charge < -0.3 is 15.2 Å². The third kappa shape index (κ3) is 4.29. The van der Waals surface area contributed by atoms with Crippen LogP contribution in [-0.2, 0) is 4.79 Å². The van der Waals surface area contributed by atoms with Gasteiger partial charge in [-0.15, -0.1) is 0 Å². The lowest BCUT2D eigenvalue weighted by Crippen LogP contribution is -2.40. The monoisotopic (exact) mass is 293 g/mol. The first-order valence-electron chi connectivity index (χ1n) is 7.04. The van der Waals surface area contributed by atoms with Crippen molar-refractivity contribution in [3.05, 3.63) is 35.7 Å². The lowest BCUT2D eigenvalue weighted by atomic mass is 10.0. The van der Waals surface area contributed by atoms with E-state index >= 15 is 0 Å². The van der Waals surface area contributed by atoms with Gasteiger partial charge in [0.1, 0.15) is 0 Å². The lowest BCUT2D eigenvalue weighted by Gasteiger charge is -2.21. The molecule has 0 radical (unpaired) electrons. The summed E-state index contributed by atoms with van der Waals surface area (Å²) >= 11 is 0. The van der Waals surface area contributed by atoms with Crippen molar-refractivity contribution in [3.63, 3.8) is 0 Å². The van der Waals surface area contributed by atoms with E-state index < -0.39 is 11.4 Å². The molecule has 5 heteroatoms. The highest BCUT2D eigenvalue weighted by Crippen LogP contribution is 2.28. The van der Waals surface area contributed by atoms with Gasteiger partial charge in [-0.3, -0.25) is 4.79 Å². The molecule has 0 aromatic heterocycles. The van der Waals surface area contributed by atoms with Crippen molar-refractivity contribution in [2.24, 2.45) is 0 Å². The highest BCUT2D eigenvalue weighted by molar-refractivity contribution is 5.91. The Balaban J connectivity index is 1.88. The van der Waals surface area contributed by atoms with Crippen LogP contribution in [0.25, 0.3) is 6.08 Å². The number of aliphatic hydroxyl groups is 1. The molecule has 0 heterocycles. The molecule has 0 aliphatic heterocycles. The molecule has 0 bridgehead atoms. The van der Waals surface area contributed by atoms with E-state index in [0.29, 0.717) is 5.56 Å². The van der Waals surface area contributed by atoms with E-state index in [2.05, 4.69) is 5.32 Å². The average molecular weight is 293 g/mol. The van der Waals surface area contributed by atoms with Gasteiger partial charge in [-0.05, 0) is 36.6 Å². The maximum Gasteiger partial charge on any atom is 0.244 e. The van der Waals surface area contributed by atoms with Crippen LogP contribution >= 0.6 is 0 Å². The van der Waals surface area contributed by atoms with Gasteiger partial charge in [0.2, 0.25) is 5.91 Å². The maximum atomic E-state index is 13.5. The molecule has 1 aliphatic rings. The van der Waals surface area contributed by atoms with Gasteiger partial charge in [0, 0.05) is 12.6 Å². The molecule has 2 N–H and O–H groups in total. The number of carbonyl (C=O) groups excluding carboxylic acids is 1. The number of nitrogens with one attached hydrogen (secondary N) is 1. The molecule has 2 rings (SSSR count). The first-order chi connectivity index (χ1) is 10.0. The van der Waals surface area contributed by atoms with Crippen molar-refractivity contribution in [1.82, 2.24) is 5.32 Å². The molecule has 1 fully saturated rings. The molecule has 1 aromatic rings. The van der Waals surface area contributed by atoms with Crippen LogP contribution in [0.3, 0.4) is 0 Å². The van der Waals surface area contributed by atoms with E-state index in [0.717, 1.165) is 25.7 Å². The Morgan fingerprint density at radius 2 is 2.19 bits per heavy atom. The summed E-state index contributed by atoms with van der Waals surface area (Å²) in [6.45, 7) is 0.257. The second-order valence-corrected chi connectivity index (χ2v) is 5.38. The van der Waals surface area contributed by atoms with Crippen molar-refractivity contribution in [2.75, 3.05) is 13.7 Å². The van der Waals surface area contributed by atoms with Gasteiger partial charge in [-0.25, -0.2) is 4.39 Å². The summed E-state index contributed by atoms with van der Waals surface area (Å²) < 4.78 is 18.3. The van der Waals surface area contributed by atoms with Gasteiger partial charge in [-0.2, -0.15) is 0 Å².